The van der Waals surface area contributed by atoms with Crippen molar-refractivity contribution in [2.24, 2.45) is 5.84 Å². The summed E-state index contributed by atoms with van der Waals surface area (Å²) in [6, 6.07) is 0. The van der Waals surface area contributed by atoms with Crippen LogP contribution in [0.25, 0.3) is 0 Å². The molecule has 4 nitrogen and oxygen atoms in total. The Labute approximate surface area is 120 Å². The molecule has 0 bridgehead atoms. The quantitative estimate of drug-likeness (QED) is 0.642. The first-order valence-corrected chi connectivity index (χ1v) is 9.22. The van der Waals surface area contributed by atoms with Crippen LogP contribution in [0.3, 0.4) is 0 Å². The van der Waals surface area contributed by atoms with E-state index in [9.17, 15) is 0 Å². The SMILES string of the molecule is CC1SCCSC1c1nc2c(c(NN)n1)CSC2. The first-order valence-electron chi connectivity index (χ1n) is 5.97. The van der Waals surface area contributed by atoms with Gasteiger partial charge in [-0.05, 0) is 0 Å². The summed E-state index contributed by atoms with van der Waals surface area (Å²) in [6.45, 7) is 2.27. The third kappa shape index (κ3) is 2.33. The van der Waals surface area contributed by atoms with Gasteiger partial charge in [0.1, 0.15) is 11.6 Å². The average Bonchev–Trinajstić information content (AvgIpc) is 2.86. The summed E-state index contributed by atoms with van der Waals surface area (Å²) in [5.74, 6) is 11.7. The Hall–Kier alpha value is -0.110. The first-order chi connectivity index (χ1) is 8.79. The van der Waals surface area contributed by atoms with Crippen molar-refractivity contribution in [3.63, 3.8) is 0 Å². The molecule has 7 heteroatoms. The predicted octanol–water partition coefficient (Wildman–Crippen LogP) is 2.42. The fourth-order valence-corrected chi connectivity index (χ4v) is 5.96. The minimum absolute atomic E-state index is 0.395. The second kappa shape index (κ2) is 5.48. The number of rotatable bonds is 2. The number of hydrogen-bond donors (Lipinski definition) is 2. The molecule has 0 saturated carbocycles. The summed E-state index contributed by atoms with van der Waals surface area (Å²) in [4.78, 5) is 9.42. The van der Waals surface area contributed by atoms with E-state index >= 15 is 0 Å². The van der Waals surface area contributed by atoms with Crippen LogP contribution in [0.2, 0.25) is 0 Å². The van der Waals surface area contributed by atoms with E-state index in [0.717, 1.165) is 23.1 Å². The van der Waals surface area contributed by atoms with Crippen molar-refractivity contribution >= 4 is 41.1 Å². The Balaban J connectivity index is 1.97. The van der Waals surface area contributed by atoms with E-state index in [1.54, 1.807) is 0 Å². The van der Waals surface area contributed by atoms with Crippen molar-refractivity contribution in [2.45, 2.75) is 28.9 Å². The predicted molar refractivity (Wildman–Crippen MR) is 82.0 cm³/mol. The highest BCUT2D eigenvalue weighted by Crippen LogP contribution is 2.42. The molecule has 1 fully saturated rings. The molecule has 0 radical (unpaired) electrons. The van der Waals surface area contributed by atoms with Crippen molar-refractivity contribution in [1.29, 1.82) is 0 Å². The van der Waals surface area contributed by atoms with Crippen LogP contribution in [-0.2, 0) is 11.5 Å². The second-order valence-electron chi connectivity index (χ2n) is 4.36. The van der Waals surface area contributed by atoms with Gasteiger partial charge in [0.15, 0.2) is 0 Å². The molecular weight excluding hydrogens is 284 g/mol. The van der Waals surface area contributed by atoms with Crippen molar-refractivity contribution in [2.75, 3.05) is 16.9 Å². The van der Waals surface area contributed by atoms with E-state index in [-0.39, 0.29) is 0 Å². The van der Waals surface area contributed by atoms with Crippen LogP contribution < -0.4 is 11.3 Å². The Morgan fingerprint density at radius 3 is 2.83 bits per heavy atom. The summed E-state index contributed by atoms with van der Waals surface area (Å²) < 4.78 is 0. The highest BCUT2D eigenvalue weighted by atomic mass is 32.2. The van der Waals surface area contributed by atoms with Gasteiger partial charge in [-0.25, -0.2) is 15.8 Å². The molecule has 1 aromatic rings. The third-order valence-corrected chi connectivity index (χ3v) is 7.23. The number of aromatic nitrogens is 2. The summed E-state index contributed by atoms with van der Waals surface area (Å²) in [6.07, 6.45) is 0. The van der Waals surface area contributed by atoms with Crippen molar-refractivity contribution in [1.82, 2.24) is 9.97 Å². The van der Waals surface area contributed by atoms with Gasteiger partial charge in [-0.2, -0.15) is 23.5 Å². The fraction of sp³-hybridized carbons (Fsp3) is 0.636. The van der Waals surface area contributed by atoms with Crippen molar-refractivity contribution in [3.8, 4) is 0 Å². The second-order valence-corrected chi connectivity index (χ2v) is 8.08. The number of anilines is 1. The highest BCUT2D eigenvalue weighted by Gasteiger charge is 2.29. The van der Waals surface area contributed by atoms with Gasteiger partial charge in [0.05, 0.1) is 10.9 Å². The molecule has 0 aliphatic carbocycles. The number of nitrogen functional groups attached to an aromatic ring is 1. The van der Waals surface area contributed by atoms with E-state index < -0.39 is 0 Å². The number of nitrogens with two attached hydrogens (primary N) is 1. The molecule has 18 heavy (non-hydrogen) atoms. The molecule has 3 N–H and O–H groups in total. The number of nitrogens with one attached hydrogen (secondary N) is 1. The molecule has 98 valence electrons. The van der Waals surface area contributed by atoms with Crippen LogP contribution in [0.15, 0.2) is 0 Å². The van der Waals surface area contributed by atoms with Crippen LogP contribution in [-0.4, -0.2) is 26.7 Å². The van der Waals surface area contributed by atoms with Crippen LogP contribution >= 0.6 is 35.3 Å². The van der Waals surface area contributed by atoms with E-state index in [2.05, 4.69) is 17.3 Å². The molecule has 0 spiro atoms. The topological polar surface area (TPSA) is 63.8 Å². The molecule has 2 aliphatic heterocycles. The molecule has 0 amide bonds. The zero-order valence-electron chi connectivity index (χ0n) is 10.2. The Morgan fingerprint density at radius 2 is 2.06 bits per heavy atom. The molecule has 2 aliphatic rings. The lowest BCUT2D eigenvalue weighted by Crippen LogP contribution is -2.21. The number of hydrazine groups is 1. The fourth-order valence-electron chi connectivity index (χ4n) is 2.23. The first kappa shape index (κ1) is 12.9. The molecule has 3 rings (SSSR count). The molecule has 1 aromatic heterocycles. The zero-order chi connectivity index (χ0) is 12.5. The van der Waals surface area contributed by atoms with Crippen LogP contribution in [0.4, 0.5) is 5.82 Å². The van der Waals surface area contributed by atoms with Gasteiger partial charge in [-0.3, -0.25) is 0 Å². The summed E-state index contributed by atoms with van der Waals surface area (Å²) >= 11 is 5.86. The maximum absolute atomic E-state index is 5.59. The Bertz CT molecular complexity index is 454. The monoisotopic (exact) mass is 300 g/mol. The number of thioether (sulfide) groups is 3. The van der Waals surface area contributed by atoms with Crippen LogP contribution in [0, 0.1) is 0 Å². The lowest BCUT2D eigenvalue weighted by atomic mass is 10.2. The lowest BCUT2D eigenvalue weighted by Gasteiger charge is -2.27. The highest BCUT2D eigenvalue weighted by molar-refractivity contribution is 8.06. The largest absolute Gasteiger partial charge is 0.308 e. The average molecular weight is 300 g/mol. The zero-order valence-corrected chi connectivity index (χ0v) is 12.6. The van der Waals surface area contributed by atoms with E-state index in [4.69, 9.17) is 10.8 Å². The summed E-state index contributed by atoms with van der Waals surface area (Å²) in [5.41, 5.74) is 5.10. The summed E-state index contributed by atoms with van der Waals surface area (Å²) in [5, 5.41) is 0.966. The number of nitrogens with zero attached hydrogens (tertiary/aromatic N) is 2. The normalized spacial score (nSPS) is 27.0. The number of hydrogen-bond acceptors (Lipinski definition) is 7. The maximum atomic E-state index is 5.59. The van der Waals surface area contributed by atoms with Gasteiger partial charge >= 0.3 is 0 Å². The van der Waals surface area contributed by atoms with Gasteiger partial charge in [0.2, 0.25) is 0 Å². The third-order valence-electron chi connectivity index (χ3n) is 3.17. The van der Waals surface area contributed by atoms with Crippen LogP contribution in [0.1, 0.15) is 29.3 Å². The van der Waals surface area contributed by atoms with Gasteiger partial charge in [0, 0.05) is 33.8 Å². The summed E-state index contributed by atoms with van der Waals surface area (Å²) in [7, 11) is 0. The van der Waals surface area contributed by atoms with E-state index in [1.165, 1.54) is 22.8 Å². The Kier molecular flexibility index (Phi) is 3.93. The number of fused-ring (bicyclic) bond motifs is 1. The Morgan fingerprint density at radius 1 is 1.22 bits per heavy atom. The van der Waals surface area contributed by atoms with Crippen molar-refractivity contribution in [3.05, 3.63) is 17.1 Å². The molecule has 2 atom stereocenters. The minimum atomic E-state index is 0.395. The molecule has 0 aromatic carbocycles. The minimum Gasteiger partial charge on any atom is -0.308 e. The van der Waals surface area contributed by atoms with Crippen molar-refractivity contribution < 1.29 is 0 Å². The molecular formula is C11H16N4S3. The lowest BCUT2D eigenvalue weighted by molar-refractivity contribution is 0.810. The van der Waals surface area contributed by atoms with Gasteiger partial charge in [-0.15, -0.1) is 11.8 Å². The van der Waals surface area contributed by atoms with Gasteiger partial charge in [-0.1, -0.05) is 6.92 Å². The molecule has 1 saturated heterocycles. The maximum Gasteiger partial charge on any atom is 0.148 e. The smallest absolute Gasteiger partial charge is 0.148 e. The van der Waals surface area contributed by atoms with E-state index in [0.29, 0.717) is 10.5 Å². The molecule has 2 unspecified atom stereocenters. The van der Waals surface area contributed by atoms with Gasteiger partial charge in [0.25, 0.3) is 0 Å². The van der Waals surface area contributed by atoms with Gasteiger partial charge < -0.3 is 5.43 Å². The van der Waals surface area contributed by atoms with E-state index in [1.807, 2.05) is 35.3 Å². The standard InChI is InChI=1S/C11H16N4S3/c1-6-9(18-3-2-17-6)11-13-8-5-16-4-7(8)10(14-11)15-12/h6,9H,2-5,12H2,1H3,(H,13,14,15). The molecule has 3 heterocycles. The van der Waals surface area contributed by atoms with Crippen LogP contribution in [0.5, 0.6) is 0 Å².